The van der Waals surface area contributed by atoms with Gasteiger partial charge in [-0.3, -0.25) is 0 Å². The lowest BCUT2D eigenvalue weighted by molar-refractivity contribution is 0.898. The van der Waals surface area contributed by atoms with E-state index in [4.69, 9.17) is 11.6 Å². The van der Waals surface area contributed by atoms with Gasteiger partial charge in [0.05, 0.1) is 5.02 Å². The third-order valence-corrected chi connectivity index (χ3v) is 4.06. The first-order valence-corrected chi connectivity index (χ1v) is 6.78. The van der Waals surface area contributed by atoms with Crippen molar-refractivity contribution >= 4 is 43.8 Å². The predicted molar refractivity (Wildman–Crippen MR) is 71.5 cm³/mol. The molecule has 3 rings (SSSR count). The van der Waals surface area contributed by atoms with Crippen LogP contribution in [0.1, 0.15) is 5.82 Å². The third kappa shape index (κ3) is 1.86. The highest BCUT2D eigenvalue weighted by Gasteiger charge is 2.13. The average Bonchev–Trinajstić information content (AvgIpc) is 2.85. The third-order valence-electron chi connectivity index (χ3n) is 2.31. The summed E-state index contributed by atoms with van der Waals surface area (Å²) in [5.74, 6) is 0.772. The minimum Gasteiger partial charge on any atom is -0.187 e. The molecule has 0 aliphatic heterocycles. The molecule has 2 heterocycles. The first-order chi connectivity index (χ1) is 8.15. The van der Waals surface area contributed by atoms with Crippen LogP contribution in [0.15, 0.2) is 22.7 Å². The van der Waals surface area contributed by atoms with Crippen molar-refractivity contribution in [2.45, 2.75) is 6.92 Å². The highest BCUT2D eigenvalue weighted by molar-refractivity contribution is 9.10. The molecule has 0 saturated heterocycles. The lowest BCUT2D eigenvalue weighted by Gasteiger charge is -1.99. The van der Waals surface area contributed by atoms with Gasteiger partial charge in [0.15, 0.2) is 5.82 Å². The van der Waals surface area contributed by atoms with Crippen molar-refractivity contribution in [3.8, 4) is 10.6 Å². The molecule has 0 aliphatic rings. The molecule has 4 nitrogen and oxygen atoms in total. The van der Waals surface area contributed by atoms with Gasteiger partial charge in [0.1, 0.15) is 5.01 Å². The van der Waals surface area contributed by atoms with E-state index >= 15 is 0 Å². The lowest BCUT2D eigenvalue weighted by atomic mass is 10.2. The molecule has 1 aromatic carbocycles. The Hall–Kier alpha value is -0.980. The second-order valence-electron chi connectivity index (χ2n) is 3.47. The SMILES string of the molecule is Cc1nnc2sc(-c3cc(Br)ccc3Cl)nn12. The summed E-state index contributed by atoms with van der Waals surface area (Å²) < 4.78 is 2.69. The summed E-state index contributed by atoms with van der Waals surface area (Å²) in [6, 6.07) is 5.69. The molecule has 17 heavy (non-hydrogen) atoms. The van der Waals surface area contributed by atoms with E-state index in [1.165, 1.54) is 11.3 Å². The summed E-state index contributed by atoms with van der Waals surface area (Å²) in [6.45, 7) is 1.87. The van der Waals surface area contributed by atoms with Crippen LogP contribution in [-0.2, 0) is 0 Å². The Bertz CT molecular complexity index is 705. The first kappa shape index (κ1) is 11.1. The van der Waals surface area contributed by atoms with E-state index in [2.05, 4.69) is 31.2 Å². The molecule has 86 valence electrons. The Morgan fingerprint density at radius 2 is 2.18 bits per heavy atom. The molecule has 0 fully saturated rings. The molecule has 0 spiro atoms. The summed E-state index contributed by atoms with van der Waals surface area (Å²) in [6.07, 6.45) is 0. The number of hydrogen-bond donors (Lipinski definition) is 0. The van der Waals surface area contributed by atoms with E-state index in [-0.39, 0.29) is 0 Å². The molecule has 0 radical (unpaired) electrons. The molecule has 0 amide bonds. The van der Waals surface area contributed by atoms with Crippen LogP contribution < -0.4 is 0 Å². The zero-order valence-corrected chi connectivity index (χ0v) is 11.8. The first-order valence-electron chi connectivity index (χ1n) is 4.79. The molecular formula is C10H6BrClN4S. The molecule has 2 aromatic heterocycles. The van der Waals surface area contributed by atoms with E-state index in [0.29, 0.717) is 5.02 Å². The van der Waals surface area contributed by atoms with Gasteiger partial charge in [-0.15, -0.1) is 10.2 Å². The van der Waals surface area contributed by atoms with Crippen molar-refractivity contribution in [2.75, 3.05) is 0 Å². The van der Waals surface area contributed by atoms with E-state index in [0.717, 1.165) is 25.8 Å². The van der Waals surface area contributed by atoms with E-state index in [9.17, 15) is 0 Å². The monoisotopic (exact) mass is 328 g/mol. The second kappa shape index (κ2) is 4.04. The number of fused-ring (bicyclic) bond motifs is 1. The van der Waals surface area contributed by atoms with Gasteiger partial charge < -0.3 is 0 Å². The van der Waals surface area contributed by atoms with Crippen molar-refractivity contribution in [2.24, 2.45) is 0 Å². The number of aromatic nitrogens is 4. The summed E-state index contributed by atoms with van der Waals surface area (Å²) in [7, 11) is 0. The van der Waals surface area contributed by atoms with Crippen LogP contribution in [0.3, 0.4) is 0 Å². The number of benzene rings is 1. The van der Waals surface area contributed by atoms with Crippen LogP contribution in [0.25, 0.3) is 15.5 Å². The van der Waals surface area contributed by atoms with Crippen molar-refractivity contribution in [3.63, 3.8) is 0 Å². The molecule has 0 N–H and O–H groups in total. The summed E-state index contributed by atoms with van der Waals surface area (Å²) in [5, 5.41) is 13.9. The van der Waals surface area contributed by atoms with Crippen LogP contribution in [0.2, 0.25) is 5.02 Å². The van der Waals surface area contributed by atoms with Crippen LogP contribution >= 0.6 is 38.9 Å². The van der Waals surface area contributed by atoms with Gasteiger partial charge in [0.2, 0.25) is 4.96 Å². The smallest absolute Gasteiger partial charge is 0.187 e. The summed E-state index contributed by atoms with van der Waals surface area (Å²) in [4.78, 5) is 0.772. The predicted octanol–water partition coefficient (Wildman–Crippen LogP) is 3.58. The fourth-order valence-electron chi connectivity index (χ4n) is 1.48. The Balaban J connectivity index is 2.23. The zero-order chi connectivity index (χ0) is 12.0. The molecule has 0 unspecified atom stereocenters. The van der Waals surface area contributed by atoms with Crippen LogP contribution in [0.5, 0.6) is 0 Å². The quantitative estimate of drug-likeness (QED) is 0.685. The highest BCUT2D eigenvalue weighted by Crippen LogP contribution is 2.33. The van der Waals surface area contributed by atoms with Crippen molar-refractivity contribution in [3.05, 3.63) is 33.5 Å². The van der Waals surface area contributed by atoms with Crippen molar-refractivity contribution in [1.82, 2.24) is 19.8 Å². The van der Waals surface area contributed by atoms with Gasteiger partial charge in [0, 0.05) is 10.0 Å². The normalized spacial score (nSPS) is 11.2. The average molecular weight is 330 g/mol. The molecule has 0 atom stereocenters. The standard InChI is InChI=1S/C10H6BrClN4S/c1-5-13-14-10-16(5)15-9(17-10)7-4-6(11)2-3-8(7)12/h2-4H,1H3. The van der Waals surface area contributed by atoms with E-state index in [1.54, 1.807) is 4.52 Å². The number of nitrogens with zero attached hydrogens (tertiary/aromatic N) is 4. The van der Waals surface area contributed by atoms with Crippen molar-refractivity contribution < 1.29 is 0 Å². The highest BCUT2D eigenvalue weighted by atomic mass is 79.9. The molecule has 7 heteroatoms. The second-order valence-corrected chi connectivity index (χ2v) is 5.75. The molecular weight excluding hydrogens is 324 g/mol. The topological polar surface area (TPSA) is 43.1 Å². The molecule has 0 saturated carbocycles. The molecule has 3 aromatic rings. The van der Waals surface area contributed by atoms with Gasteiger partial charge in [-0.2, -0.15) is 9.61 Å². The number of halogens is 2. The maximum atomic E-state index is 6.17. The van der Waals surface area contributed by atoms with Gasteiger partial charge >= 0.3 is 0 Å². The summed E-state index contributed by atoms with van der Waals surface area (Å²) >= 11 is 11.1. The van der Waals surface area contributed by atoms with Crippen molar-refractivity contribution in [1.29, 1.82) is 0 Å². The Morgan fingerprint density at radius 3 is 2.94 bits per heavy atom. The maximum Gasteiger partial charge on any atom is 0.234 e. The number of aryl methyl sites for hydroxylation is 1. The van der Waals surface area contributed by atoms with Gasteiger partial charge in [0.25, 0.3) is 0 Å². The molecule has 0 bridgehead atoms. The maximum absolute atomic E-state index is 6.17. The van der Waals surface area contributed by atoms with Crippen LogP contribution in [-0.4, -0.2) is 19.8 Å². The largest absolute Gasteiger partial charge is 0.234 e. The van der Waals surface area contributed by atoms with Gasteiger partial charge in [-0.1, -0.05) is 38.9 Å². The van der Waals surface area contributed by atoms with E-state index < -0.39 is 0 Å². The number of rotatable bonds is 1. The Morgan fingerprint density at radius 1 is 1.35 bits per heavy atom. The Kier molecular flexibility index (Phi) is 2.65. The van der Waals surface area contributed by atoms with Crippen LogP contribution in [0, 0.1) is 6.92 Å². The fraction of sp³-hybridized carbons (Fsp3) is 0.100. The summed E-state index contributed by atoms with van der Waals surface area (Å²) in [5.41, 5.74) is 0.899. The van der Waals surface area contributed by atoms with Gasteiger partial charge in [-0.05, 0) is 25.1 Å². The number of hydrogen-bond acceptors (Lipinski definition) is 4. The fourth-order valence-corrected chi connectivity index (χ4v) is 3.02. The van der Waals surface area contributed by atoms with Gasteiger partial charge in [-0.25, -0.2) is 0 Å². The zero-order valence-electron chi connectivity index (χ0n) is 8.69. The Labute approximate surface area is 114 Å². The van der Waals surface area contributed by atoms with Crippen LogP contribution in [0.4, 0.5) is 0 Å². The lowest BCUT2D eigenvalue weighted by Crippen LogP contribution is -1.89. The molecule has 0 aliphatic carbocycles. The minimum absolute atomic E-state index is 0.677. The van der Waals surface area contributed by atoms with E-state index in [1.807, 2.05) is 25.1 Å². The minimum atomic E-state index is 0.677.